The molecule has 1 rings (SSSR count). The first-order valence-corrected chi connectivity index (χ1v) is 7.46. The summed E-state index contributed by atoms with van der Waals surface area (Å²) in [7, 11) is 3.67. The molecule has 0 radical (unpaired) electrons. The average molecular weight is 287 g/mol. The Balaban J connectivity index is 2.08. The Morgan fingerprint density at radius 1 is 1.16 bits per heavy atom. The number of hydrogen-bond donors (Lipinski definition) is 1. The number of hydrogen-bond acceptors (Lipinski definition) is 5. The highest BCUT2D eigenvalue weighted by Crippen LogP contribution is 2.22. The van der Waals surface area contributed by atoms with Gasteiger partial charge in [0.15, 0.2) is 0 Å². The minimum atomic E-state index is 0.642. The average Bonchev–Trinajstić information content (AvgIpc) is 2.74. The third-order valence-electron chi connectivity index (χ3n) is 2.69. The first-order valence-electron chi connectivity index (χ1n) is 6.65. The molecule has 0 saturated carbocycles. The molecule has 0 amide bonds. The van der Waals surface area contributed by atoms with Crippen LogP contribution in [0.25, 0.3) is 0 Å². The Morgan fingerprint density at radius 3 is 2.68 bits per heavy atom. The minimum absolute atomic E-state index is 0.642. The molecule has 1 aromatic rings. The number of nitrogens with one attached hydrogen (secondary N) is 1. The van der Waals surface area contributed by atoms with E-state index < -0.39 is 0 Å². The van der Waals surface area contributed by atoms with E-state index in [1.54, 1.807) is 7.11 Å². The summed E-state index contributed by atoms with van der Waals surface area (Å²) in [6, 6.07) is 2.22. The molecule has 1 aromatic heterocycles. The Bertz CT molecular complexity index is 341. The lowest BCUT2D eigenvalue weighted by molar-refractivity contribution is 0.0336. The molecule has 0 unspecified atom stereocenters. The normalized spacial score (nSPS) is 11.1. The molecule has 0 bridgehead atoms. The smallest absolute Gasteiger partial charge is 0.0728 e. The third-order valence-corrected chi connectivity index (χ3v) is 3.78. The summed E-state index contributed by atoms with van der Waals surface area (Å²) in [4.78, 5) is 2.70. The van der Waals surface area contributed by atoms with Crippen molar-refractivity contribution in [2.45, 2.75) is 26.5 Å². The molecule has 0 aliphatic carbocycles. The van der Waals surface area contributed by atoms with E-state index in [-0.39, 0.29) is 0 Å². The minimum Gasteiger partial charge on any atom is -0.385 e. The van der Waals surface area contributed by atoms with Gasteiger partial charge in [0.25, 0.3) is 0 Å². The van der Waals surface area contributed by atoms with Crippen molar-refractivity contribution in [3.05, 3.63) is 21.4 Å². The molecule has 110 valence electrons. The number of methoxy groups -OCH3 is 1. The van der Waals surface area contributed by atoms with E-state index in [1.807, 2.05) is 18.4 Å². The van der Waals surface area contributed by atoms with Crippen LogP contribution in [0.4, 0.5) is 0 Å². The standard InChI is InChI=1S/C14H25NO3S/c1-12-13(9-14(19-12)10-15-2)11-18-8-7-17-6-4-5-16-3/h9,15H,4-8,10-11H2,1-3H3. The molecular weight excluding hydrogens is 262 g/mol. The maximum absolute atomic E-state index is 5.63. The van der Waals surface area contributed by atoms with Crippen molar-refractivity contribution in [2.75, 3.05) is 40.6 Å². The Labute approximate surface area is 120 Å². The van der Waals surface area contributed by atoms with E-state index in [1.165, 1.54) is 15.3 Å². The van der Waals surface area contributed by atoms with Gasteiger partial charge in [0.05, 0.1) is 19.8 Å². The lowest BCUT2D eigenvalue weighted by atomic mass is 10.2. The quantitative estimate of drug-likeness (QED) is 0.634. The maximum Gasteiger partial charge on any atom is 0.0728 e. The van der Waals surface area contributed by atoms with Gasteiger partial charge in [-0.2, -0.15) is 0 Å². The molecule has 19 heavy (non-hydrogen) atoms. The van der Waals surface area contributed by atoms with E-state index in [9.17, 15) is 0 Å². The lowest BCUT2D eigenvalue weighted by Crippen LogP contribution is -2.06. The summed E-state index contributed by atoms with van der Waals surface area (Å²) in [6.45, 7) is 6.52. The predicted molar refractivity (Wildman–Crippen MR) is 78.8 cm³/mol. The molecule has 0 saturated heterocycles. The maximum atomic E-state index is 5.63. The van der Waals surface area contributed by atoms with Crippen LogP contribution in [0.2, 0.25) is 0 Å². The summed E-state index contributed by atoms with van der Waals surface area (Å²) in [6.07, 6.45) is 0.938. The van der Waals surface area contributed by atoms with Crippen molar-refractivity contribution in [1.29, 1.82) is 0 Å². The second-order valence-corrected chi connectivity index (χ2v) is 5.68. The highest BCUT2D eigenvalue weighted by molar-refractivity contribution is 7.12. The van der Waals surface area contributed by atoms with E-state index >= 15 is 0 Å². The van der Waals surface area contributed by atoms with Crippen LogP contribution in [0.5, 0.6) is 0 Å². The van der Waals surface area contributed by atoms with Gasteiger partial charge in [-0.05, 0) is 32.0 Å². The number of rotatable bonds is 11. The van der Waals surface area contributed by atoms with Crippen LogP contribution < -0.4 is 5.32 Å². The zero-order chi connectivity index (χ0) is 13.9. The van der Waals surface area contributed by atoms with Gasteiger partial charge >= 0.3 is 0 Å². The van der Waals surface area contributed by atoms with Gasteiger partial charge < -0.3 is 19.5 Å². The molecular formula is C14H25NO3S. The highest BCUT2D eigenvalue weighted by Gasteiger charge is 2.04. The van der Waals surface area contributed by atoms with Crippen LogP contribution in [-0.4, -0.2) is 40.6 Å². The Morgan fingerprint density at radius 2 is 1.95 bits per heavy atom. The molecule has 4 nitrogen and oxygen atoms in total. The second-order valence-electron chi connectivity index (χ2n) is 4.34. The number of ether oxygens (including phenoxy) is 3. The van der Waals surface area contributed by atoms with Crippen LogP contribution in [0.1, 0.15) is 21.7 Å². The summed E-state index contributed by atoms with van der Waals surface area (Å²) in [5.41, 5.74) is 1.29. The van der Waals surface area contributed by atoms with Gasteiger partial charge in [-0.3, -0.25) is 0 Å². The zero-order valence-electron chi connectivity index (χ0n) is 12.2. The van der Waals surface area contributed by atoms with Crippen LogP contribution in [0.15, 0.2) is 6.07 Å². The molecule has 0 aliphatic rings. The lowest BCUT2D eigenvalue weighted by Gasteiger charge is -2.05. The Kier molecular flexibility index (Phi) is 9.03. The molecule has 0 atom stereocenters. The fourth-order valence-electron chi connectivity index (χ4n) is 1.70. The topological polar surface area (TPSA) is 39.7 Å². The van der Waals surface area contributed by atoms with Crippen molar-refractivity contribution in [1.82, 2.24) is 5.32 Å². The van der Waals surface area contributed by atoms with Crippen molar-refractivity contribution in [3.63, 3.8) is 0 Å². The number of thiophene rings is 1. The molecule has 0 aromatic carbocycles. The predicted octanol–water partition coefficient (Wildman–Crippen LogP) is 2.35. The van der Waals surface area contributed by atoms with Crippen molar-refractivity contribution in [3.8, 4) is 0 Å². The Hall–Kier alpha value is -0.460. The monoisotopic (exact) mass is 287 g/mol. The molecule has 0 spiro atoms. The third kappa shape index (κ3) is 7.03. The molecule has 1 N–H and O–H groups in total. The molecule has 0 fully saturated rings. The first kappa shape index (κ1) is 16.6. The van der Waals surface area contributed by atoms with Gasteiger partial charge in [-0.1, -0.05) is 0 Å². The fraction of sp³-hybridized carbons (Fsp3) is 0.714. The summed E-state index contributed by atoms with van der Waals surface area (Å²) in [5.74, 6) is 0. The van der Waals surface area contributed by atoms with Gasteiger partial charge in [0.2, 0.25) is 0 Å². The van der Waals surface area contributed by atoms with Gasteiger partial charge in [0, 0.05) is 36.6 Å². The zero-order valence-corrected chi connectivity index (χ0v) is 13.0. The fourth-order valence-corrected chi connectivity index (χ4v) is 2.76. The second kappa shape index (κ2) is 10.3. The van der Waals surface area contributed by atoms with Crippen LogP contribution in [0.3, 0.4) is 0 Å². The summed E-state index contributed by atoms with van der Waals surface area (Å²) in [5, 5.41) is 3.16. The molecule has 1 heterocycles. The first-order chi connectivity index (χ1) is 9.27. The van der Waals surface area contributed by atoms with Gasteiger partial charge in [-0.25, -0.2) is 0 Å². The summed E-state index contributed by atoms with van der Waals surface area (Å²) < 4.78 is 16.0. The van der Waals surface area contributed by atoms with E-state index in [2.05, 4.69) is 18.3 Å². The number of aryl methyl sites for hydroxylation is 1. The van der Waals surface area contributed by atoms with Gasteiger partial charge in [-0.15, -0.1) is 11.3 Å². The van der Waals surface area contributed by atoms with Crippen molar-refractivity contribution >= 4 is 11.3 Å². The highest BCUT2D eigenvalue weighted by atomic mass is 32.1. The van der Waals surface area contributed by atoms with E-state index in [4.69, 9.17) is 14.2 Å². The SMILES string of the molecule is CNCc1cc(COCCOCCCOC)c(C)s1. The van der Waals surface area contributed by atoms with E-state index in [0.717, 1.165) is 26.2 Å². The van der Waals surface area contributed by atoms with Crippen molar-refractivity contribution in [2.24, 2.45) is 0 Å². The van der Waals surface area contributed by atoms with Crippen molar-refractivity contribution < 1.29 is 14.2 Å². The largest absolute Gasteiger partial charge is 0.385 e. The van der Waals surface area contributed by atoms with Crippen LogP contribution in [-0.2, 0) is 27.4 Å². The summed E-state index contributed by atoms with van der Waals surface area (Å²) >= 11 is 1.83. The van der Waals surface area contributed by atoms with Gasteiger partial charge in [0.1, 0.15) is 0 Å². The van der Waals surface area contributed by atoms with E-state index in [0.29, 0.717) is 19.8 Å². The van der Waals surface area contributed by atoms with Crippen LogP contribution >= 0.6 is 11.3 Å². The molecule has 5 heteroatoms. The molecule has 0 aliphatic heterocycles. The van der Waals surface area contributed by atoms with Crippen LogP contribution in [0, 0.1) is 6.92 Å².